The third-order valence-electron chi connectivity index (χ3n) is 1.37. The number of rotatable bonds is 2. The van der Waals surface area contributed by atoms with Crippen LogP contribution in [0.15, 0.2) is 24.3 Å². The number of hydrogen-bond acceptors (Lipinski definition) is 6. The SMILES string of the molecule is O=C([O-])c1ccccc1C(=O)[O-].O=P([O-])(O)O.[K+].[Mg+2]. The quantitative estimate of drug-likeness (QED) is 0.401. The average Bonchev–Trinajstić information content (AvgIpc) is 2.15. The number of hydrogen-bond donors (Lipinski definition) is 2. The van der Waals surface area contributed by atoms with Crippen molar-refractivity contribution >= 4 is 42.8 Å². The molecule has 94 valence electrons. The smallest absolute Gasteiger partial charge is 0.756 e. The van der Waals surface area contributed by atoms with Crippen LogP contribution in [0.5, 0.6) is 0 Å². The minimum absolute atomic E-state index is 0. The van der Waals surface area contributed by atoms with Gasteiger partial charge in [0.15, 0.2) is 0 Å². The van der Waals surface area contributed by atoms with Gasteiger partial charge in [-0.1, -0.05) is 24.3 Å². The van der Waals surface area contributed by atoms with E-state index in [0.717, 1.165) is 12.1 Å². The molecule has 1 rings (SSSR count). The Morgan fingerprint density at radius 3 is 1.37 bits per heavy atom. The van der Waals surface area contributed by atoms with Gasteiger partial charge < -0.3 is 34.5 Å². The Hall–Kier alpha value is 0.673. The van der Waals surface area contributed by atoms with Gasteiger partial charge in [-0.3, -0.25) is 4.57 Å². The van der Waals surface area contributed by atoms with E-state index in [4.69, 9.17) is 19.2 Å². The second-order valence-electron chi connectivity index (χ2n) is 2.61. The van der Waals surface area contributed by atoms with Crippen LogP contribution in [-0.4, -0.2) is 44.8 Å². The number of carboxylic acids is 2. The van der Waals surface area contributed by atoms with Crippen LogP contribution in [0.1, 0.15) is 20.7 Å². The van der Waals surface area contributed by atoms with Crippen LogP contribution in [0.25, 0.3) is 0 Å². The first-order valence-corrected chi connectivity index (χ1v) is 5.44. The molecule has 0 spiro atoms. The van der Waals surface area contributed by atoms with Crippen molar-refractivity contribution < 1.29 is 90.4 Å². The first-order valence-electron chi connectivity index (χ1n) is 3.91. The molecule has 8 nitrogen and oxygen atoms in total. The number of carboxylic acid groups (broad SMARTS) is 2. The van der Waals surface area contributed by atoms with Crippen molar-refractivity contribution in [1.29, 1.82) is 0 Å². The molecule has 0 aromatic heterocycles. The maximum absolute atomic E-state index is 10.3. The summed E-state index contributed by atoms with van der Waals surface area (Å²) in [5.41, 5.74) is -0.727. The number of phosphoric acid groups is 1. The van der Waals surface area contributed by atoms with Crippen LogP contribution in [0.3, 0.4) is 0 Å². The summed E-state index contributed by atoms with van der Waals surface area (Å²) in [6, 6.07) is 5.14. The molecule has 0 aliphatic carbocycles. The zero-order valence-corrected chi connectivity index (χ0v) is 15.2. The van der Waals surface area contributed by atoms with Crippen LogP contribution in [0, 0.1) is 0 Å². The second kappa shape index (κ2) is 11.3. The summed E-state index contributed by atoms with van der Waals surface area (Å²) in [5, 5.41) is 20.6. The molecule has 0 saturated carbocycles. The molecule has 0 atom stereocenters. The number of carbonyl (C=O) groups is 2. The fraction of sp³-hybridized carbons (Fsp3) is 0. The molecule has 19 heavy (non-hydrogen) atoms. The zero-order valence-electron chi connectivity index (χ0n) is 9.81. The van der Waals surface area contributed by atoms with Gasteiger partial charge in [-0.25, -0.2) is 0 Å². The third-order valence-corrected chi connectivity index (χ3v) is 1.37. The van der Waals surface area contributed by atoms with E-state index in [1.165, 1.54) is 12.1 Å². The van der Waals surface area contributed by atoms with E-state index in [2.05, 4.69) is 0 Å². The predicted octanol–water partition coefficient (Wildman–Crippen LogP) is -6.52. The van der Waals surface area contributed by atoms with Gasteiger partial charge >= 0.3 is 74.4 Å². The minimum atomic E-state index is -4.89. The molecule has 0 fully saturated rings. The Bertz CT molecular complexity index is 432. The molecule has 2 N–H and O–H groups in total. The summed E-state index contributed by atoms with van der Waals surface area (Å²) in [6.45, 7) is 0. The minimum Gasteiger partial charge on any atom is -0.756 e. The van der Waals surface area contributed by atoms with Crippen molar-refractivity contribution in [3.63, 3.8) is 0 Å². The monoisotopic (exact) mass is 324 g/mol. The summed E-state index contributed by atoms with van der Waals surface area (Å²) >= 11 is 0. The van der Waals surface area contributed by atoms with E-state index in [-0.39, 0.29) is 85.6 Å². The Kier molecular flexibility index (Phi) is 14.7. The molecule has 11 heteroatoms. The van der Waals surface area contributed by atoms with E-state index in [1.54, 1.807) is 0 Å². The normalized spacial score (nSPS) is 9.00. The van der Waals surface area contributed by atoms with Crippen LogP contribution in [-0.2, 0) is 4.57 Å². The predicted molar refractivity (Wildman–Crippen MR) is 52.9 cm³/mol. The summed E-state index contributed by atoms with van der Waals surface area (Å²) in [5.74, 6) is -3.04. The third kappa shape index (κ3) is 13.4. The summed E-state index contributed by atoms with van der Waals surface area (Å²) in [7, 11) is -4.89. The molecule has 0 saturated heterocycles. The molecule has 0 bridgehead atoms. The summed E-state index contributed by atoms with van der Waals surface area (Å²) in [6.07, 6.45) is 0. The Balaban J connectivity index is -0.000000320. The maximum atomic E-state index is 10.3. The molecular weight excluding hydrogens is 318 g/mol. The molecule has 0 unspecified atom stereocenters. The molecule has 0 radical (unpaired) electrons. The van der Waals surface area contributed by atoms with Crippen molar-refractivity contribution in [2.75, 3.05) is 0 Å². The fourth-order valence-corrected chi connectivity index (χ4v) is 0.839. The van der Waals surface area contributed by atoms with E-state index in [1.807, 2.05) is 0 Å². The van der Waals surface area contributed by atoms with Crippen LogP contribution < -0.4 is 66.5 Å². The van der Waals surface area contributed by atoms with Crippen LogP contribution in [0.2, 0.25) is 0 Å². The van der Waals surface area contributed by atoms with E-state index in [0.29, 0.717) is 0 Å². The van der Waals surface area contributed by atoms with Gasteiger partial charge in [0.25, 0.3) is 7.82 Å². The molecule has 0 aliphatic heterocycles. The first-order chi connectivity index (χ1) is 7.63. The molecule has 1 aromatic carbocycles. The largest absolute Gasteiger partial charge is 2.00 e. The Labute approximate surface area is 166 Å². The fourth-order valence-electron chi connectivity index (χ4n) is 0.839. The molecule has 0 heterocycles. The molecule has 0 aliphatic rings. The number of aromatic carboxylic acids is 2. The van der Waals surface area contributed by atoms with Gasteiger partial charge in [0, 0.05) is 11.1 Å². The Morgan fingerprint density at radius 1 is 1.00 bits per heavy atom. The van der Waals surface area contributed by atoms with Crippen molar-refractivity contribution in [1.82, 2.24) is 0 Å². The first kappa shape index (κ1) is 24.7. The van der Waals surface area contributed by atoms with Crippen molar-refractivity contribution in [2.45, 2.75) is 0 Å². The maximum Gasteiger partial charge on any atom is 2.00 e. The van der Waals surface area contributed by atoms with Gasteiger partial charge in [-0.15, -0.1) is 0 Å². The molecule has 0 amide bonds. The second-order valence-corrected chi connectivity index (χ2v) is 3.59. The zero-order chi connectivity index (χ0) is 13.6. The average molecular weight is 325 g/mol. The standard InChI is InChI=1S/C8H6O4.K.Mg.H3O4P/c9-7(10)5-3-1-2-4-6(5)8(11)12;;;1-5(2,3)4/h1-4H,(H,9,10)(H,11,12);;;(H3,1,2,3,4)/q;+1;+2;/p-3. The van der Waals surface area contributed by atoms with Crippen molar-refractivity contribution in [3.8, 4) is 0 Å². The summed E-state index contributed by atoms with van der Waals surface area (Å²) < 4.78 is 8.77. The number of carbonyl (C=O) groups excluding carboxylic acids is 2. The van der Waals surface area contributed by atoms with E-state index < -0.39 is 19.8 Å². The molecule has 1 aromatic rings. The van der Waals surface area contributed by atoms with Crippen LogP contribution >= 0.6 is 7.82 Å². The van der Waals surface area contributed by atoms with Gasteiger partial charge in [0.2, 0.25) is 0 Å². The molecular formula is C8H6KMgO8P. The van der Waals surface area contributed by atoms with E-state index >= 15 is 0 Å². The van der Waals surface area contributed by atoms with Gasteiger partial charge in [0.05, 0.1) is 11.9 Å². The topological polar surface area (TPSA) is 161 Å². The number of benzene rings is 1. The summed E-state index contributed by atoms with van der Waals surface area (Å²) in [4.78, 5) is 43.6. The van der Waals surface area contributed by atoms with Gasteiger partial charge in [-0.05, 0) is 0 Å². The van der Waals surface area contributed by atoms with E-state index in [9.17, 15) is 19.8 Å². The van der Waals surface area contributed by atoms with Crippen molar-refractivity contribution in [3.05, 3.63) is 35.4 Å². The van der Waals surface area contributed by atoms with Gasteiger partial charge in [-0.2, -0.15) is 0 Å². The Morgan fingerprint density at radius 2 is 1.21 bits per heavy atom. The van der Waals surface area contributed by atoms with Gasteiger partial charge in [0.1, 0.15) is 0 Å². The van der Waals surface area contributed by atoms with Crippen molar-refractivity contribution in [2.24, 2.45) is 0 Å². The van der Waals surface area contributed by atoms with Crippen LogP contribution in [0.4, 0.5) is 0 Å².